The van der Waals surface area contributed by atoms with E-state index in [0.717, 1.165) is 44.1 Å². The molecule has 0 aliphatic carbocycles. The van der Waals surface area contributed by atoms with Crippen LogP contribution in [0.3, 0.4) is 0 Å². The summed E-state index contributed by atoms with van der Waals surface area (Å²) in [7, 11) is 0. The van der Waals surface area contributed by atoms with E-state index in [1.807, 2.05) is 54.6 Å². The van der Waals surface area contributed by atoms with Crippen LogP contribution in [0.25, 0.3) is 81.8 Å². The minimum Gasteiger partial charge on any atom is -0.308 e. The maximum Gasteiger partial charge on any atom is 0.137 e. The molecule has 0 bridgehead atoms. The van der Waals surface area contributed by atoms with Crippen LogP contribution in [0.1, 0.15) is 16.7 Å². The molecule has 4 heteroatoms. The van der Waals surface area contributed by atoms with Crippen LogP contribution in [0, 0.1) is 10.8 Å². The maximum atomic E-state index is 9.98. The molecule has 0 spiro atoms. The fourth-order valence-electron chi connectivity index (χ4n) is 8.58. The smallest absolute Gasteiger partial charge is 0.137 e. The Morgan fingerprint density at radius 3 is 1.81 bits per heavy atom. The van der Waals surface area contributed by atoms with E-state index in [2.05, 4.69) is 124 Å². The first-order chi connectivity index (χ1) is 25.7. The highest BCUT2D eigenvalue weighted by molar-refractivity contribution is 6.37. The summed E-state index contributed by atoms with van der Waals surface area (Å²) >= 11 is 0. The van der Waals surface area contributed by atoms with Gasteiger partial charge in [-0.05, 0) is 52.2 Å². The number of aromatic nitrogens is 2. The van der Waals surface area contributed by atoms with Crippen molar-refractivity contribution in [2.45, 2.75) is 0 Å². The first-order valence-corrected chi connectivity index (χ1v) is 17.6. The van der Waals surface area contributed by atoms with Crippen molar-refractivity contribution in [1.82, 2.24) is 8.97 Å². The van der Waals surface area contributed by atoms with E-state index >= 15 is 0 Å². The molecule has 4 nitrogen and oxygen atoms in total. The highest BCUT2D eigenvalue weighted by atomic mass is 15.0. The third kappa shape index (κ3) is 3.92. The Balaban J connectivity index is 1.17. The number of rotatable bonds is 4. The van der Waals surface area contributed by atoms with Gasteiger partial charge in [0.1, 0.15) is 5.84 Å². The molecule has 0 amide bonds. The van der Waals surface area contributed by atoms with Gasteiger partial charge in [0.25, 0.3) is 0 Å². The van der Waals surface area contributed by atoms with Gasteiger partial charge in [-0.1, -0.05) is 140 Å². The molecule has 0 atom stereocenters. The average molecular weight is 663 g/mol. The molecule has 0 saturated heterocycles. The minimum atomic E-state index is 0.347. The van der Waals surface area contributed by atoms with Gasteiger partial charge in [-0.2, -0.15) is 0 Å². The first kappa shape index (κ1) is 28.8. The predicted molar refractivity (Wildman–Crippen MR) is 218 cm³/mol. The van der Waals surface area contributed by atoms with Crippen molar-refractivity contribution in [3.8, 4) is 11.1 Å². The van der Waals surface area contributed by atoms with Crippen molar-refractivity contribution in [1.29, 1.82) is 10.8 Å². The Morgan fingerprint density at radius 1 is 0.404 bits per heavy atom. The third-order valence-corrected chi connectivity index (χ3v) is 10.9. The minimum absolute atomic E-state index is 0.347. The van der Waals surface area contributed by atoms with Crippen LogP contribution >= 0.6 is 0 Å². The summed E-state index contributed by atoms with van der Waals surface area (Å²) in [6, 6.07) is 59.1. The number of fused-ring (bicyclic) bond motifs is 11. The first-order valence-electron chi connectivity index (χ1n) is 17.6. The lowest BCUT2D eigenvalue weighted by Crippen LogP contribution is -2.17. The fraction of sp³-hybridized carbons (Fsp3) is 0. The Labute approximate surface area is 298 Å². The van der Waals surface area contributed by atoms with Gasteiger partial charge in [0, 0.05) is 49.0 Å². The van der Waals surface area contributed by atoms with E-state index < -0.39 is 0 Å². The Kier molecular flexibility index (Phi) is 5.93. The second kappa shape index (κ2) is 10.7. The Bertz CT molecular complexity index is 3250. The van der Waals surface area contributed by atoms with E-state index in [9.17, 15) is 10.8 Å². The summed E-state index contributed by atoms with van der Waals surface area (Å²) in [5.41, 5.74) is 10.5. The van der Waals surface area contributed by atoms with Crippen molar-refractivity contribution in [3.63, 3.8) is 0 Å². The molecule has 0 radical (unpaired) electrons. The SMILES string of the molecule is N=C(c1ccc(-c2ccccc2)cc1)c1ccccc1C(=N)n1c2ccccc2c2c3c4cc5ccccc5cc4n4c5ccccc5c(cc21)c34. The number of nitrogens with zero attached hydrogens (tertiary/aromatic N) is 2. The lowest BCUT2D eigenvalue weighted by Gasteiger charge is -2.15. The third-order valence-electron chi connectivity index (χ3n) is 10.9. The largest absolute Gasteiger partial charge is 0.308 e. The van der Waals surface area contributed by atoms with Gasteiger partial charge >= 0.3 is 0 Å². The molecule has 11 rings (SSSR count). The normalized spacial score (nSPS) is 12.0. The van der Waals surface area contributed by atoms with Crippen LogP contribution < -0.4 is 0 Å². The molecule has 0 saturated carbocycles. The fourth-order valence-corrected chi connectivity index (χ4v) is 8.58. The standard InChI is InChI=1S/C48H30N4/c49-46(31-24-22-30(23-25-31)29-12-2-1-3-13-29)35-17-6-7-18-36(35)48(50)52-41-21-11-9-19-37(41)44-43(52)28-38-34-16-8-10-20-40(34)51-42-27-33-15-5-4-14-32(33)26-39(42)45(44)47(38)51/h1-28,49-50H. The molecule has 8 aromatic carbocycles. The lowest BCUT2D eigenvalue weighted by atomic mass is 9.95. The number of hydrogen-bond donors (Lipinski definition) is 2. The van der Waals surface area contributed by atoms with Crippen molar-refractivity contribution < 1.29 is 0 Å². The van der Waals surface area contributed by atoms with Crippen LogP contribution in [-0.2, 0) is 0 Å². The Hall–Kier alpha value is -7.04. The van der Waals surface area contributed by atoms with Gasteiger partial charge in [-0.25, -0.2) is 0 Å². The molecule has 11 aromatic rings. The van der Waals surface area contributed by atoms with Gasteiger partial charge in [-0.3, -0.25) is 15.4 Å². The zero-order valence-electron chi connectivity index (χ0n) is 28.1. The lowest BCUT2D eigenvalue weighted by molar-refractivity contribution is 1.22. The molecular formula is C48H30N4. The van der Waals surface area contributed by atoms with Gasteiger partial charge in [0.15, 0.2) is 0 Å². The van der Waals surface area contributed by atoms with E-state index in [1.54, 1.807) is 0 Å². The summed E-state index contributed by atoms with van der Waals surface area (Å²) in [4.78, 5) is 0. The van der Waals surface area contributed by atoms with Crippen molar-refractivity contribution in [3.05, 3.63) is 187 Å². The van der Waals surface area contributed by atoms with E-state index in [4.69, 9.17) is 0 Å². The van der Waals surface area contributed by atoms with Crippen LogP contribution in [0.5, 0.6) is 0 Å². The number of hydrogen-bond acceptors (Lipinski definition) is 2. The van der Waals surface area contributed by atoms with Gasteiger partial charge in [0.05, 0.1) is 33.3 Å². The molecule has 3 heterocycles. The zero-order chi connectivity index (χ0) is 34.5. The highest BCUT2D eigenvalue weighted by Crippen LogP contribution is 2.46. The van der Waals surface area contributed by atoms with E-state index in [-0.39, 0.29) is 0 Å². The molecular weight excluding hydrogens is 633 g/mol. The summed E-state index contributed by atoms with van der Waals surface area (Å²) in [5, 5.41) is 28.9. The Morgan fingerprint density at radius 2 is 1.02 bits per heavy atom. The van der Waals surface area contributed by atoms with E-state index in [0.29, 0.717) is 17.1 Å². The number of benzene rings is 8. The molecule has 0 fully saturated rings. The summed E-state index contributed by atoms with van der Waals surface area (Å²) < 4.78 is 4.55. The maximum absolute atomic E-state index is 9.98. The predicted octanol–water partition coefficient (Wildman–Crippen LogP) is 12.1. The monoisotopic (exact) mass is 662 g/mol. The van der Waals surface area contributed by atoms with Crippen LogP contribution in [0.4, 0.5) is 0 Å². The number of nitrogens with one attached hydrogen (secondary N) is 2. The second-order valence-corrected chi connectivity index (χ2v) is 13.7. The van der Waals surface area contributed by atoms with Gasteiger partial charge in [-0.15, -0.1) is 0 Å². The van der Waals surface area contributed by atoms with Gasteiger partial charge in [0.2, 0.25) is 0 Å². The van der Waals surface area contributed by atoms with Gasteiger partial charge < -0.3 is 4.40 Å². The van der Waals surface area contributed by atoms with Crippen LogP contribution in [0.15, 0.2) is 170 Å². The molecule has 0 unspecified atom stereocenters. The van der Waals surface area contributed by atoms with Crippen molar-refractivity contribution >= 4 is 82.2 Å². The highest BCUT2D eigenvalue weighted by Gasteiger charge is 2.26. The van der Waals surface area contributed by atoms with Crippen molar-refractivity contribution in [2.75, 3.05) is 0 Å². The zero-order valence-corrected chi connectivity index (χ0v) is 28.1. The second-order valence-electron chi connectivity index (χ2n) is 13.7. The molecule has 0 aliphatic heterocycles. The molecule has 242 valence electrons. The summed E-state index contributed by atoms with van der Waals surface area (Å²) in [6.07, 6.45) is 0. The van der Waals surface area contributed by atoms with Crippen LogP contribution in [-0.4, -0.2) is 20.5 Å². The number of para-hydroxylation sites is 2. The van der Waals surface area contributed by atoms with Crippen LogP contribution in [0.2, 0.25) is 0 Å². The van der Waals surface area contributed by atoms with E-state index in [1.165, 1.54) is 48.9 Å². The summed E-state index contributed by atoms with van der Waals surface area (Å²) in [5.74, 6) is 0.347. The topological polar surface area (TPSA) is 57.0 Å². The molecule has 0 aliphatic rings. The molecule has 3 aromatic heterocycles. The van der Waals surface area contributed by atoms with Crippen molar-refractivity contribution in [2.24, 2.45) is 0 Å². The molecule has 2 N–H and O–H groups in total. The molecule has 52 heavy (non-hydrogen) atoms. The summed E-state index contributed by atoms with van der Waals surface area (Å²) in [6.45, 7) is 0. The quantitative estimate of drug-likeness (QED) is 0.139. The average Bonchev–Trinajstić information content (AvgIpc) is 3.84.